The predicted molar refractivity (Wildman–Crippen MR) is 89.1 cm³/mol. The van der Waals surface area contributed by atoms with Crippen molar-refractivity contribution in [2.75, 3.05) is 6.54 Å². The lowest BCUT2D eigenvalue weighted by Gasteiger charge is -2.25. The first-order valence-electron chi connectivity index (χ1n) is 7.42. The van der Waals surface area contributed by atoms with E-state index in [2.05, 4.69) is 35.6 Å². The van der Waals surface area contributed by atoms with Gasteiger partial charge in [0.1, 0.15) is 12.4 Å². The molecule has 2 aromatic carbocycles. The van der Waals surface area contributed by atoms with Crippen LogP contribution in [0.5, 0.6) is 5.75 Å². The maximum atomic E-state index is 6.04. The molecule has 2 nitrogen and oxygen atoms in total. The van der Waals surface area contributed by atoms with Crippen molar-refractivity contribution in [3.63, 3.8) is 0 Å². The maximum Gasteiger partial charge on any atom is 0.124 e. The summed E-state index contributed by atoms with van der Waals surface area (Å²) in [5, 5.41) is 3.59. The zero-order chi connectivity index (χ0) is 13.6. The summed E-state index contributed by atoms with van der Waals surface area (Å²) in [6.45, 7) is 1.74. The Morgan fingerprint density at radius 3 is 2.48 bits per heavy atom. The maximum absolute atomic E-state index is 6.04. The van der Waals surface area contributed by atoms with Crippen molar-refractivity contribution < 1.29 is 4.74 Å². The summed E-state index contributed by atoms with van der Waals surface area (Å²) in [6, 6.07) is 19.2. The van der Waals surface area contributed by atoms with Gasteiger partial charge in [-0.3, -0.25) is 0 Å². The third kappa shape index (κ3) is 4.23. The van der Waals surface area contributed by atoms with Gasteiger partial charge in [-0.05, 0) is 31.0 Å². The van der Waals surface area contributed by atoms with Crippen LogP contribution >= 0.6 is 12.4 Å². The second-order valence-corrected chi connectivity index (χ2v) is 5.31. The SMILES string of the molecule is Cl.c1ccc(COc2ccccc2[C@H]2CCCCN2)cc1. The summed E-state index contributed by atoms with van der Waals surface area (Å²) in [7, 11) is 0. The minimum atomic E-state index is 0. The topological polar surface area (TPSA) is 21.3 Å². The molecule has 0 unspecified atom stereocenters. The van der Waals surface area contributed by atoms with Gasteiger partial charge < -0.3 is 10.1 Å². The smallest absolute Gasteiger partial charge is 0.124 e. The number of rotatable bonds is 4. The molecule has 0 saturated carbocycles. The molecule has 1 aliphatic heterocycles. The molecule has 1 N–H and O–H groups in total. The first kappa shape index (κ1) is 15.9. The Balaban J connectivity index is 0.00000161. The van der Waals surface area contributed by atoms with Gasteiger partial charge in [0.25, 0.3) is 0 Å². The van der Waals surface area contributed by atoms with Crippen molar-refractivity contribution in [3.8, 4) is 5.75 Å². The van der Waals surface area contributed by atoms with Crippen molar-refractivity contribution in [1.29, 1.82) is 0 Å². The largest absolute Gasteiger partial charge is 0.489 e. The fourth-order valence-corrected chi connectivity index (χ4v) is 2.75. The molecule has 2 aromatic rings. The molecule has 0 radical (unpaired) electrons. The molecule has 3 heteroatoms. The van der Waals surface area contributed by atoms with E-state index in [1.165, 1.54) is 30.4 Å². The number of nitrogens with one attached hydrogen (secondary N) is 1. The molecule has 0 spiro atoms. The molecule has 0 aliphatic carbocycles. The Bertz CT molecular complexity index is 538. The predicted octanol–water partition coefficient (Wildman–Crippen LogP) is 4.50. The van der Waals surface area contributed by atoms with E-state index in [-0.39, 0.29) is 12.4 Å². The van der Waals surface area contributed by atoms with Gasteiger partial charge in [0.15, 0.2) is 0 Å². The Morgan fingerprint density at radius 1 is 0.952 bits per heavy atom. The first-order chi connectivity index (χ1) is 9.93. The molecule has 0 bridgehead atoms. The van der Waals surface area contributed by atoms with E-state index in [4.69, 9.17) is 4.74 Å². The fraction of sp³-hybridized carbons (Fsp3) is 0.333. The highest BCUT2D eigenvalue weighted by Gasteiger charge is 2.18. The lowest BCUT2D eigenvalue weighted by Crippen LogP contribution is -2.27. The Kier molecular flexibility index (Phi) is 6.09. The quantitative estimate of drug-likeness (QED) is 0.898. The van der Waals surface area contributed by atoms with E-state index in [1.807, 2.05) is 24.3 Å². The van der Waals surface area contributed by atoms with Crippen molar-refractivity contribution >= 4 is 12.4 Å². The number of ether oxygens (including phenoxy) is 1. The number of benzene rings is 2. The molecule has 1 heterocycles. The summed E-state index contributed by atoms with van der Waals surface area (Å²) in [5.41, 5.74) is 2.50. The summed E-state index contributed by atoms with van der Waals surface area (Å²) in [4.78, 5) is 0. The molecule has 1 fully saturated rings. The van der Waals surface area contributed by atoms with E-state index in [0.717, 1.165) is 12.3 Å². The van der Waals surface area contributed by atoms with Crippen LogP contribution < -0.4 is 10.1 Å². The molecule has 1 aliphatic rings. The highest BCUT2D eigenvalue weighted by atomic mass is 35.5. The summed E-state index contributed by atoms with van der Waals surface area (Å²) in [5.74, 6) is 1.01. The van der Waals surface area contributed by atoms with E-state index in [1.54, 1.807) is 0 Å². The lowest BCUT2D eigenvalue weighted by molar-refractivity contribution is 0.294. The number of hydrogen-bond acceptors (Lipinski definition) is 2. The third-order valence-corrected chi connectivity index (χ3v) is 3.84. The van der Waals surface area contributed by atoms with Gasteiger partial charge in [-0.15, -0.1) is 12.4 Å². The molecule has 1 saturated heterocycles. The van der Waals surface area contributed by atoms with E-state index < -0.39 is 0 Å². The molecule has 0 amide bonds. The molecular formula is C18H22ClNO. The standard InChI is InChI=1S/C18H21NO.ClH/c1-2-8-15(9-3-1)14-20-18-12-5-4-10-16(18)17-11-6-7-13-19-17;/h1-5,8-10,12,17,19H,6-7,11,13-14H2;1H/t17-;/m1./s1. The summed E-state index contributed by atoms with van der Waals surface area (Å²) >= 11 is 0. The first-order valence-corrected chi connectivity index (χ1v) is 7.42. The van der Waals surface area contributed by atoms with Gasteiger partial charge >= 0.3 is 0 Å². The summed E-state index contributed by atoms with van der Waals surface area (Å²) in [6.07, 6.45) is 3.78. The van der Waals surface area contributed by atoms with Gasteiger partial charge in [0.2, 0.25) is 0 Å². The highest BCUT2D eigenvalue weighted by Crippen LogP contribution is 2.30. The number of para-hydroxylation sites is 1. The second kappa shape index (κ2) is 8.06. The van der Waals surface area contributed by atoms with Gasteiger partial charge in [-0.25, -0.2) is 0 Å². The van der Waals surface area contributed by atoms with Crippen LogP contribution in [-0.4, -0.2) is 6.54 Å². The number of halogens is 1. The molecular weight excluding hydrogens is 282 g/mol. The third-order valence-electron chi connectivity index (χ3n) is 3.84. The molecule has 1 atom stereocenters. The number of piperidine rings is 1. The lowest BCUT2D eigenvalue weighted by atomic mass is 9.97. The van der Waals surface area contributed by atoms with E-state index in [0.29, 0.717) is 12.6 Å². The zero-order valence-electron chi connectivity index (χ0n) is 12.1. The van der Waals surface area contributed by atoms with Crippen LogP contribution in [0.25, 0.3) is 0 Å². The Labute approximate surface area is 132 Å². The van der Waals surface area contributed by atoms with Gasteiger partial charge in [-0.1, -0.05) is 55.0 Å². The highest BCUT2D eigenvalue weighted by molar-refractivity contribution is 5.85. The zero-order valence-corrected chi connectivity index (χ0v) is 12.9. The van der Waals surface area contributed by atoms with Crippen LogP contribution in [-0.2, 0) is 6.61 Å². The second-order valence-electron chi connectivity index (χ2n) is 5.31. The van der Waals surface area contributed by atoms with E-state index in [9.17, 15) is 0 Å². The van der Waals surface area contributed by atoms with Crippen LogP contribution in [0.1, 0.15) is 36.4 Å². The minimum absolute atomic E-state index is 0. The monoisotopic (exact) mass is 303 g/mol. The Hall–Kier alpha value is -1.51. The van der Waals surface area contributed by atoms with Crippen LogP contribution in [0.3, 0.4) is 0 Å². The average Bonchev–Trinajstić information content (AvgIpc) is 2.55. The molecule has 3 rings (SSSR count). The minimum Gasteiger partial charge on any atom is -0.489 e. The van der Waals surface area contributed by atoms with Gasteiger partial charge in [0, 0.05) is 11.6 Å². The number of hydrogen-bond donors (Lipinski definition) is 1. The summed E-state index contributed by atoms with van der Waals surface area (Å²) < 4.78 is 6.04. The fourth-order valence-electron chi connectivity index (χ4n) is 2.75. The van der Waals surface area contributed by atoms with E-state index >= 15 is 0 Å². The van der Waals surface area contributed by atoms with Crippen LogP contribution in [0.2, 0.25) is 0 Å². The van der Waals surface area contributed by atoms with Crippen molar-refractivity contribution in [2.45, 2.75) is 31.9 Å². The molecule has 112 valence electrons. The van der Waals surface area contributed by atoms with Crippen LogP contribution in [0.15, 0.2) is 54.6 Å². The average molecular weight is 304 g/mol. The van der Waals surface area contributed by atoms with Crippen molar-refractivity contribution in [1.82, 2.24) is 5.32 Å². The Morgan fingerprint density at radius 2 is 1.71 bits per heavy atom. The van der Waals surface area contributed by atoms with Gasteiger partial charge in [0.05, 0.1) is 0 Å². The van der Waals surface area contributed by atoms with Crippen LogP contribution in [0, 0.1) is 0 Å². The van der Waals surface area contributed by atoms with Crippen molar-refractivity contribution in [2.24, 2.45) is 0 Å². The van der Waals surface area contributed by atoms with Gasteiger partial charge in [-0.2, -0.15) is 0 Å². The van der Waals surface area contributed by atoms with Crippen molar-refractivity contribution in [3.05, 3.63) is 65.7 Å². The molecule has 21 heavy (non-hydrogen) atoms. The normalized spacial score (nSPS) is 17.8. The van der Waals surface area contributed by atoms with Crippen LogP contribution in [0.4, 0.5) is 0 Å². The molecule has 0 aromatic heterocycles.